The maximum atomic E-state index is 12.6. The number of halogens is 1. The van der Waals surface area contributed by atoms with Gasteiger partial charge in [0.1, 0.15) is 0 Å². The van der Waals surface area contributed by atoms with Crippen molar-refractivity contribution in [2.24, 2.45) is 0 Å². The maximum Gasteiger partial charge on any atom is 0.279 e. The number of nitrogens with zero attached hydrogens (tertiary/aromatic N) is 1. The highest BCUT2D eigenvalue weighted by Gasteiger charge is 2.26. The van der Waals surface area contributed by atoms with Crippen LogP contribution in [-0.2, 0) is 4.79 Å². The molecule has 30 heavy (non-hydrogen) atoms. The topological polar surface area (TPSA) is 65.9 Å². The number of rotatable bonds is 6. The molecule has 0 spiro atoms. The molecular formula is C23H28ClN4O2+. The van der Waals surface area contributed by atoms with Gasteiger partial charge in [-0.2, -0.15) is 0 Å². The smallest absolute Gasteiger partial charge is 0.279 e. The van der Waals surface area contributed by atoms with Crippen LogP contribution in [0.4, 0.5) is 11.4 Å². The lowest BCUT2D eigenvalue weighted by atomic mass is 10.1. The summed E-state index contributed by atoms with van der Waals surface area (Å²) in [4.78, 5) is 28.6. The Morgan fingerprint density at radius 2 is 1.87 bits per heavy atom. The predicted octanol–water partition coefficient (Wildman–Crippen LogP) is 1.88. The molecule has 0 atom stereocenters. The molecule has 2 aliphatic rings. The predicted molar refractivity (Wildman–Crippen MR) is 120 cm³/mol. The lowest BCUT2D eigenvalue weighted by Gasteiger charge is -2.34. The van der Waals surface area contributed by atoms with Gasteiger partial charge in [0.2, 0.25) is 0 Å². The van der Waals surface area contributed by atoms with Crippen LogP contribution in [0.5, 0.6) is 0 Å². The third-order valence-electron chi connectivity index (χ3n) is 5.75. The van der Waals surface area contributed by atoms with Crippen molar-refractivity contribution in [2.75, 3.05) is 42.9 Å². The Morgan fingerprint density at radius 1 is 1.13 bits per heavy atom. The molecule has 0 radical (unpaired) electrons. The summed E-state index contributed by atoms with van der Waals surface area (Å²) in [5, 5.41) is 6.67. The van der Waals surface area contributed by atoms with Crippen LogP contribution in [-0.4, -0.2) is 50.6 Å². The fourth-order valence-electron chi connectivity index (χ4n) is 3.87. The molecule has 2 fully saturated rings. The Kier molecular flexibility index (Phi) is 6.25. The Bertz CT molecular complexity index is 937. The average Bonchev–Trinajstić information content (AvgIpc) is 3.55. The van der Waals surface area contributed by atoms with E-state index < -0.39 is 0 Å². The summed E-state index contributed by atoms with van der Waals surface area (Å²) in [6, 6.07) is 13.4. The van der Waals surface area contributed by atoms with E-state index in [1.807, 2.05) is 30.3 Å². The maximum absolute atomic E-state index is 12.6. The minimum atomic E-state index is -0.119. The molecule has 7 heteroatoms. The normalized spacial score (nSPS) is 16.9. The number of carbonyl (C=O) groups is 2. The fraction of sp³-hybridized carbons (Fsp3) is 0.391. The first-order valence-electron chi connectivity index (χ1n) is 10.5. The third-order valence-corrected chi connectivity index (χ3v) is 5.99. The first-order chi connectivity index (χ1) is 14.5. The summed E-state index contributed by atoms with van der Waals surface area (Å²) in [7, 11) is 0. The minimum Gasteiger partial charge on any atom is -0.360 e. The molecular weight excluding hydrogens is 400 g/mol. The number of carbonyl (C=O) groups excluding carboxylic acids is 2. The number of hydrogen-bond donors (Lipinski definition) is 3. The number of hydrogen-bond acceptors (Lipinski definition) is 3. The van der Waals surface area contributed by atoms with E-state index in [2.05, 4.69) is 22.5 Å². The summed E-state index contributed by atoms with van der Waals surface area (Å²) < 4.78 is 0. The van der Waals surface area contributed by atoms with Gasteiger partial charge in [0, 0.05) is 16.8 Å². The van der Waals surface area contributed by atoms with Crippen LogP contribution in [0.15, 0.2) is 42.5 Å². The number of piperazine rings is 1. The van der Waals surface area contributed by atoms with Gasteiger partial charge in [0.05, 0.1) is 37.4 Å². The first kappa shape index (κ1) is 20.7. The van der Waals surface area contributed by atoms with Gasteiger partial charge < -0.3 is 20.4 Å². The number of nitrogens with one attached hydrogen (secondary N) is 3. The van der Waals surface area contributed by atoms with E-state index in [1.54, 1.807) is 12.1 Å². The van der Waals surface area contributed by atoms with E-state index >= 15 is 0 Å². The van der Waals surface area contributed by atoms with Crippen molar-refractivity contribution >= 4 is 34.8 Å². The molecule has 1 saturated heterocycles. The van der Waals surface area contributed by atoms with Crippen LogP contribution in [0.3, 0.4) is 0 Å². The second kappa shape index (κ2) is 9.06. The van der Waals surface area contributed by atoms with Gasteiger partial charge in [0.15, 0.2) is 6.54 Å². The lowest BCUT2D eigenvalue weighted by molar-refractivity contribution is -0.892. The zero-order valence-corrected chi connectivity index (χ0v) is 18.0. The highest BCUT2D eigenvalue weighted by Crippen LogP contribution is 2.24. The summed E-state index contributed by atoms with van der Waals surface area (Å²) in [6.45, 7) is 6.00. The fourth-order valence-corrected chi connectivity index (χ4v) is 4.03. The van der Waals surface area contributed by atoms with Gasteiger partial charge in [-0.05, 0) is 49.6 Å². The van der Waals surface area contributed by atoms with Crippen LogP contribution < -0.4 is 20.4 Å². The Labute approximate surface area is 182 Å². The van der Waals surface area contributed by atoms with Crippen molar-refractivity contribution in [2.45, 2.75) is 25.8 Å². The molecule has 2 aromatic rings. The third kappa shape index (κ3) is 5.12. The van der Waals surface area contributed by atoms with E-state index in [0.29, 0.717) is 17.8 Å². The summed E-state index contributed by atoms with van der Waals surface area (Å²) in [6.07, 6.45) is 2.06. The number of amides is 2. The van der Waals surface area contributed by atoms with Crippen LogP contribution >= 0.6 is 11.6 Å². The van der Waals surface area contributed by atoms with E-state index in [1.165, 1.54) is 16.2 Å². The van der Waals surface area contributed by atoms with Gasteiger partial charge in [-0.15, -0.1) is 0 Å². The van der Waals surface area contributed by atoms with E-state index in [0.717, 1.165) is 44.0 Å². The van der Waals surface area contributed by atoms with E-state index in [4.69, 9.17) is 11.6 Å². The molecule has 1 aliphatic carbocycles. The molecule has 1 saturated carbocycles. The largest absolute Gasteiger partial charge is 0.360 e. The standard InChI is InChI=1S/C23H27ClN4O2/c1-16-6-7-17(24)14-21(16)28-12-10-27(11-13-28)15-22(29)26-20-5-3-2-4-19(20)23(30)25-18-8-9-18/h2-7,14,18H,8-13,15H2,1H3,(H,25,30)(H,26,29)/p+1. The van der Waals surface area contributed by atoms with Crippen molar-refractivity contribution in [3.05, 3.63) is 58.6 Å². The quantitative estimate of drug-likeness (QED) is 0.659. The highest BCUT2D eigenvalue weighted by atomic mass is 35.5. The van der Waals surface area contributed by atoms with Crippen molar-refractivity contribution in [1.82, 2.24) is 5.32 Å². The molecule has 1 aliphatic heterocycles. The number of para-hydroxylation sites is 1. The lowest BCUT2D eigenvalue weighted by Crippen LogP contribution is -3.15. The van der Waals surface area contributed by atoms with Gasteiger partial charge in [-0.25, -0.2) is 0 Å². The number of quaternary nitrogens is 1. The molecule has 2 amide bonds. The molecule has 4 rings (SSSR count). The number of aryl methyl sites for hydroxylation is 1. The molecule has 0 bridgehead atoms. The van der Waals surface area contributed by atoms with Crippen LogP contribution in [0.1, 0.15) is 28.8 Å². The number of anilines is 2. The molecule has 3 N–H and O–H groups in total. The van der Waals surface area contributed by atoms with Crippen LogP contribution in [0, 0.1) is 6.92 Å². The van der Waals surface area contributed by atoms with E-state index in [9.17, 15) is 9.59 Å². The zero-order valence-electron chi connectivity index (χ0n) is 17.2. The molecule has 158 valence electrons. The van der Waals surface area contributed by atoms with E-state index in [-0.39, 0.29) is 17.9 Å². The van der Waals surface area contributed by atoms with Gasteiger partial charge in [0.25, 0.3) is 11.8 Å². The number of benzene rings is 2. The first-order valence-corrected chi connectivity index (χ1v) is 10.9. The SMILES string of the molecule is Cc1ccc(Cl)cc1N1CC[NH+](CC(=O)Nc2ccccc2C(=O)NC2CC2)CC1. The molecule has 0 unspecified atom stereocenters. The van der Waals surface area contributed by atoms with Gasteiger partial charge in [-0.3, -0.25) is 9.59 Å². The Balaban J connectivity index is 1.31. The molecule has 0 aromatic heterocycles. The minimum absolute atomic E-state index is 0.0657. The Hall–Kier alpha value is -2.57. The van der Waals surface area contributed by atoms with Crippen molar-refractivity contribution in [3.63, 3.8) is 0 Å². The van der Waals surface area contributed by atoms with Crippen molar-refractivity contribution < 1.29 is 14.5 Å². The van der Waals surface area contributed by atoms with Crippen LogP contribution in [0.2, 0.25) is 5.02 Å². The Morgan fingerprint density at radius 3 is 2.60 bits per heavy atom. The summed E-state index contributed by atoms with van der Waals surface area (Å²) in [5.74, 6) is -0.185. The summed E-state index contributed by atoms with van der Waals surface area (Å²) in [5.41, 5.74) is 3.48. The molecule has 6 nitrogen and oxygen atoms in total. The summed E-state index contributed by atoms with van der Waals surface area (Å²) >= 11 is 6.16. The monoisotopic (exact) mass is 427 g/mol. The van der Waals surface area contributed by atoms with Gasteiger partial charge >= 0.3 is 0 Å². The molecule has 2 aromatic carbocycles. The molecule has 1 heterocycles. The van der Waals surface area contributed by atoms with Crippen molar-refractivity contribution in [3.8, 4) is 0 Å². The second-order valence-corrected chi connectivity index (χ2v) is 8.62. The average molecular weight is 428 g/mol. The zero-order chi connectivity index (χ0) is 21.1. The van der Waals surface area contributed by atoms with Crippen LogP contribution in [0.25, 0.3) is 0 Å². The van der Waals surface area contributed by atoms with Gasteiger partial charge in [-0.1, -0.05) is 29.8 Å². The second-order valence-electron chi connectivity index (χ2n) is 8.19. The highest BCUT2D eigenvalue weighted by molar-refractivity contribution is 6.30. The van der Waals surface area contributed by atoms with Crippen molar-refractivity contribution in [1.29, 1.82) is 0 Å².